The first kappa shape index (κ1) is 21.5. The van der Waals surface area contributed by atoms with Crippen LogP contribution in [0.5, 0.6) is 0 Å². The Kier molecular flexibility index (Phi) is 5.63. The number of aromatic nitrogens is 2. The molecule has 0 bridgehead atoms. The molecule has 2 aliphatic heterocycles. The Labute approximate surface area is 182 Å². The SMILES string of the molecule is Cc1cc(NC(=O)C2CC(=O)N(c3cccc(C(C)C)c3)C2)n(C2CCS(=O)(=O)C2)n1. The Morgan fingerprint density at radius 1 is 1.26 bits per heavy atom. The van der Waals surface area contributed by atoms with Crippen LogP contribution in [0.25, 0.3) is 0 Å². The number of nitrogens with zero attached hydrogens (tertiary/aromatic N) is 3. The zero-order chi connectivity index (χ0) is 22.3. The van der Waals surface area contributed by atoms with Crippen LogP contribution in [-0.2, 0) is 19.4 Å². The summed E-state index contributed by atoms with van der Waals surface area (Å²) in [6.45, 7) is 6.32. The van der Waals surface area contributed by atoms with Crippen molar-refractivity contribution in [2.75, 3.05) is 28.3 Å². The molecule has 9 heteroatoms. The summed E-state index contributed by atoms with van der Waals surface area (Å²) in [5, 5.41) is 7.29. The van der Waals surface area contributed by atoms with Gasteiger partial charge in [0.25, 0.3) is 0 Å². The van der Waals surface area contributed by atoms with Crippen molar-refractivity contribution >= 4 is 33.2 Å². The lowest BCUT2D eigenvalue weighted by Crippen LogP contribution is -2.29. The molecule has 2 aromatic rings. The Morgan fingerprint density at radius 3 is 2.71 bits per heavy atom. The second kappa shape index (κ2) is 8.11. The van der Waals surface area contributed by atoms with E-state index in [9.17, 15) is 18.0 Å². The summed E-state index contributed by atoms with van der Waals surface area (Å²) >= 11 is 0. The first-order valence-corrected chi connectivity index (χ1v) is 12.4. The molecule has 1 aromatic heterocycles. The third-order valence-electron chi connectivity index (χ3n) is 6.01. The van der Waals surface area contributed by atoms with Gasteiger partial charge in [0.05, 0.1) is 29.2 Å². The number of anilines is 2. The standard InChI is InChI=1S/C22H28N4O4S/c1-14(2)16-5-4-6-18(10-16)25-12-17(11-21(25)27)22(28)23-20-9-15(3)24-26(20)19-7-8-31(29,30)13-19/h4-6,9-10,14,17,19H,7-8,11-13H2,1-3H3,(H,23,28). The molecule has 2 aliphatic rings. The summed E-state index contributed by atoms with van der Waals surface area (Å²) in [7, 11) is -3.08. The highest BCUT2D eigenvalue weighted by molar-refractivity contribution is 7.91. The molecule has 8 nitrogen and oxygen atoms in total. The third kappa shape index (κ3) is 4.51. The second-order valence-electron chi connectivity index (χ2n) is 8.82. The van der Waals surface area contributed by atoms with Gasteiger partial charge in [0.2, 0.25) is 11.8 Å². The van der Waals surface area contributed by atoms with Gasteiger partial charge in [-0.15, -0.1) is 0 Å². The van der Waals surface area contributed by atoms with E-state index in [1.165, 1.54) is 0 Å². The van der Waals surface area contributed by atoms with Crippen LogP contribution < -0.4 is 10.2 Å². The fourth-order valence-corrected chi connectivity index (χ4v) is 5.96. The van der Waals surface area contributed by atoms with Crippen LogP contribution in [0, 0.1) is 12.8 Å². The van der Waals surface area contributed by atoms with E-state index in [0.29, 0.717) is 30.4 Å². The number of amides is 2. The molecule has 1 aromatic carbocycles. The lowest BCUT2D eigenvalue weighted by molar-refractivity contribution is -0.122. The topological polar surface area (TPSA) is 101 Å². The maximum atomic E-state index is 13.0. The van der Waals surface area contributed by atoms with Crippen molar-refractivity contribution in [3.05, 3.63) is 41.6 Å². The average molecular weight is 445 g/mol. The Bertz CT molecular complexity index is 1120. The number of rotatable bonds is 5. The third-order valence-corrected chi connectivity index (χ3v) is 7.76. The van der Waals surface area contributed by atoms with Crippen LogP contribution in [0.1, 0.15) is 49.9 Å². The number of hydrogen-bond acceptors (Lipinski definition) is 5. The van der Waals surface area contributed by atoms with Crippen LogP contribution in [0.4, 0.5) is 11.5 Å². The minimum absolute atomic E-state index is 0.0267. The van der Waals surface area contributed by atoms with Crippen LogP contribution in [0.2, 0.25) is 0 Å². The molecule has 2 amide bonds. The summed E-state index contributed by atoms with van der Waals surface area (Å²) in [6.07, 6.45) is 0.622. The van der Waals surface area contributed by atoms with Gasteiger partial charge in [-0.05, 0) is 37.0 Å². The first-order chi connectivity index (χ1) is 14.6. The van der Waals surface area contributed by atoms with E-state index in [0.717, 1.165) is 11.3 Å². The van der Waals surface area contributed by atoms with Crippen molar-refractivity contribution < 1.29 is 18.0 Å². The van der Waals surface area contributed by atoms with Crippen molar-refractivity contribution in [2.24, 2.45) is 5.92 Å². The summed E-state index contributed by atoms with van der Waals surface area (Å²) in [5.74, 6) is 0.179. The van der Waals surface area contributed by atoms with Crippen molar-refractivity contribution in [2.45, 2.75) is 45.6 Å². The van der Waals surface area contributed by atoms with Gasteiger partial charge >= 0.3 is 0 Å². The molecule has 4 rings (SSSR count). The van der Waals surface area contributed by atoms with Gasteiger partial charge in [-0.1, -0.05) is 26.0 Å². The lowest BCUT2D eigenvalue weighted by atomic mass is 10.0. The lowest BCUT2D eigenvalue weighted by Gasteiger charge is -2.19. The molecule has 3 heterocycles. The molecule has 2 unspecified atom stereocenters. The smallest absolute Gasteiger partial charge is 0.230 e. The first-order valence-electron chi connectivity index (χ1n) is 10.6. The van der Waals surface area contributed by atoms with E-state index in [4.69, 9.17) is 0 Å². The van der Waals surface area contributed by atoms with Gasteiger partial charge in [0.15, 0.2) is 9.84 Å². The Hall–Kier alpha value is -2.68. The zero-order valence-corrected chi connectivity index (χ0v) is 18.9. The molecule has 0 radical (unpaired) electrons. The van der Waals surface area contributed by atoms with Gasteiger partial charge in [0.1, 0.15) is 5.82 Å². The van der Waals surface area contributed by atoms with Crippen molar-refractivity contribution in [1.29, 1.82) is 0 Å². The van der Waals surface area contributed by atoms with Crippen molar-refractivity contribution in [1.82, 2.24) is 9.78 Å². The van der Waals surface area contributed by atoms with Crippen molar-refractivity contribution in [3.8, 4) is 0 Å². The van der Waals surface area contributed by atoms with Gasteiger partial charge in [-0.3, -0.25) is 9.59 Å². The predicted molar refractivity (Wildman–Crippen MR) is 119 cm³/mol. The maximum absolute atomic E-state index is 13.0. The predicted octanol–water partition coefficient (Wildman–Crippen LogP) is 2.67. The molecule has 166 valence electrons. The number of nitrogens with one attached hydrogen (secondary N) is 1. The molecular weight excluding hydrogens is 416 g/mol. The van der Waals surface area contributed by atoms with Crippen LogP contribution in [-0.4, -0.2) is 48.1 Å². The van der Waals surface area contributed by atoms with Gasteiger partial charge in [0, 0.05) is 24.7 Å². The van der Waals surface area contributed by atoms with E-state index in [1.54, 1.807) is 22.6 Å². The minimum Gasteiger partial charge on any atom is -0.312 e. The molecule has 0 spiro atoms. The van der Waals surface area contributed by atoms with Crippen molar-refractivity contribution in [3.63, 3.8) is 0 Å². The normalized spacial score (nSPS) is 23.0. The second-order valence-corrected chi connectivity index (χ2v) is 11.0. The average Bonchev–Trinajstić information content (AvgIpc) is 3.38. The number of sulfone groups is 1. The molecule has 2 saturated heterocycles. The Balaban J connectivity index is 1.48. The molecular formula is C22H28N4O4S. The minimum atomic E-state index is -3.08. The van der Waals surface area contributed by atoms with Gasteiger partial charge in [-0.25, -0.2) is 13.1 Å². The highest BCUT2D eigenvalue weighted by Crippen LogP contribution is 2.30. The summed E-state index contributed by atoms with van der Waals surface area (Å²) in [4.78, 5) is 27.3. The van der Waals surface area contributed by atoms with E-state index in [2.05, 4.69) is 24.3 Å². The zero-order valence-electron chi connectivity index (χ0n) is 18.0. The largest absolute Gasteiger partial charge is 0.312 e. The summed E-state index contributed by atoms with van der Waals surface area (Å²) in [5.41, 5.74) is 2.65. The van der Waals surface area contributed by atoms with Crippen LogP contribution in [0.3, 0.4) is 0 Å². The number of hydrogen-bond donors (Lipinski definition) is 1. The van der Waals surface area contributed by atoms with E-state index < -0.39 is 15.8 Å². The molecule has 0 aliphatic carbocycles. The number of carbonyl (C=O) groups excluding carboxylic acids is 2. The van der Waals surface area contributed by atoms with Crippen LogP contribution in [0.15, 0.2) is 30.3 Å². The summed E-state index contributed by atoms with van der Waals surface area (Å²) in [6, 6.07) is 9.32. The molecule has 1 N–H and O–H groups in total. The van der Waals surface area contributed by atoms with E-state index in [-0.39, 0.29) is 35.8 Å². The van der Waals surface area contributed by atoms with Crippen LogP contribution >= 0.6 is 0 Å². The number of carbonyl (C=O) groups is 2. The molecule has 31 heavy (non-hydrogen) atoms. The fourth-order valence-electron chi connectivity index (χ4n) is 4.27. The quantitative estimate of drug-likeness (QED) is 0.764. The maximum Gasteiger partial charge on any atom is 0.230 e. The van der Waals surface area contributed by atoms with Gasteiger partial charge in [-0.2, -0.15) is 5.10 Å². The van der Waals surface area contributed by atoms with E-state index >= 15 is 0 Å². The summed E-state index contributed by atoms with van der Waals surface area (Å²) < 4.78 is 25.3. The monoisotopic (exact) mass is 444 g/mol. The highest BCUT2D eigenvalue weighted by Gasteiger charge is 2.36. The molecule has 2 fully saturated rings. The molecule has 2 atom stereocenters. The highest BCUT2D eigenvalue weighted by atomic mass is 32.2. The number of aryl methyl sites for hydroxylation is 1. The van der Waals surface area contributed by atoms with E-state index in [1.807, 2.05) is 24.3 Å². The fraction of sp³-hybridized carbons (Fsp3) is 0.500. The number of benzene rings is 1. The molecule has 0 saturated carbocycles. The van der Waals surface area contributed by atoms with Gasteiger partial charge < -0.3 is 10.2 Å². The Morgan fingerprint density at radius 2 is 2.03 bits per heavy atom.